The molecule has 0 spiro atoms. The number of benzene rings is 1. The van der Waals surface area contributed by atoms with E-state index < -0.39 is 17.9 Å². The monoisotopic (exact) mass is 376 g/mol. The third kappa shape index (κ3) is 4.44. The average Bonchev–Trinajstić information content (AvgIpc) is 2.15. The minimum atomic E-state index is -1.50. The van der Waals surface area contributed by atoms with E-state index in [-0.39, 0.29) is 62.7 Å². The Kier molecular flexibility index (Phi) is 6.67. The summed E-state index contributed by atoms with van der Waals surface area (Å²) in [6, 6.07) is 6.67. The van der Waals surface area contributed by atoms with Gasteiger partial charge in [-0.1, -0.05) is 45.0 Å². The van der Waals surface area contributed by atoms with Gasteiger partial charge in [0.1, 0.15) is 0 Å². The van der Waals surface area contributed by atoms with E-state index in [9.17, 15) is 9.59 Å². The molecule has 4 nitrogen and oxygen atoms in total. The van der Waals surface area contributed by atoms with E-state index in [0.29, 0.717) is 0 Å². The summed E-state index contributed by atoms with van der Waals surface area (Å²) in [4.78, 5) is 21.7. The first-order valence-electron chi connectivity index (χ1n) is 5.29. The van der Waals surface area contributed by atoms with Crippen molar-refractivity contribution in [3.05, 3.63) is 35.4 Å². The van der Waals surface area contributed by atoms with Crippen LogP contribution in [-0.2, 0) is 15.0 Å². The smallest absolute Gasteiger partial charge is 1.00 e. The Balaban J connectivity index is -0.000000963. The molecule has 0 amide bonds. The first-order chi connectivity index (χ1) is 7.73. The van der Waals surface area contributed by atoms with Crippen LogP contribution in [0.4, 0.5) is 0 Å². The largest absolute Gasteiger partial charge is 2.00 e. The minimum Gasteiger partial charge on any atom is -1.00 e. The zero-order chi connectivity index (χ0) is 13.2. The van der Waals surface area contributed by atoms with Crippen LogP contribution in [0.25, 0.3) is 0 Å². The number of carboxylic acid groups (broad SMARTS) is 2. The summed E-state index contributed by atoms with van der Waals surface area (Å²) < 4.78 is 0. The van der Waals surface area contributed by atoms with Crippen LogP contribution in [0.3, 0.4) is 0 Å². The maximum absolute atomic E-state index is 10.8. The quantitative estimate of drug-likeness (QED) is 0.626. The number of aliphatic carboxylic acids is 2. The van der Waals surface area contributed by atoms with Crippen molar-refractivity contribution in [3.63, 3.8) is 0 Å². The van der Waals surface area contributed by atoms with Gasteiger partial charge in [0.05, 0.1) is 0 Å². The normalized spacial score (nSPS) is 10.9. The molecule has 0 heterocycles. The first-order valence-corrected chi connectivity index (χ1v) is 5.29. The van der Waals surface area contributed by atoms with Crippen molar-refractivity contribution in [1.82, 2.24) is 0 Å². The van der Waals surface area contributed by atoms with Crippen molar-refractivity contribution in [2.75, 3.05) is 0 Å². The fourth-order valence-corrected chi connectivity index (χ4v) is 1.57. The van der Waals surface area contributed by atoms with Crippen LogP contribution < -0.4 is 0 Å². The molecule has 0 aromatic heterocycles. The maximum atomic E-state index is 10.8. The summed E-state index contributed by atoms with van der Waals surface area (Å²) in [5.41, 5.74) is 1.29. The SMILES string of the molecule is CC(C)(C)c1ccc(C(C(=O)O)C(=O)O)cc1.[Ba+2].[H-].[H-]. The molecule has 0 saturated carbocycles. The van der Waals surface area contributed by atoms with E-state index in [0.717, 1.165) is 5.56 Å². The molecule has 0 radical (unpaired) electrons. The summed E-state index contributed by atoms with van der Waals surface area (Å²) in [7, 11) is 0. The van der Waals surface area contributed by atoms with Crippen molar-refractivity contribution in [1.29, 1.82) is 0 Å². The van der Waals surface area contributed by atoms with Crippen LogP contribution in [0.5, 0.6) is 0 Å². The van der Waals surface area contributed by atoms with Crippen LogP contribution >= 0.6 is 0 Å². The standard InChI is InChI=1S/C13H16O4.Ba.2H/c1-13(2,3)9-6-4-8(5-7-9)10(11(14)15)12(16)17;;;/h4-7,10H,1-3H3,(H,14,15)(H,16,17);;;/q;+2;2*-1. The zero-order valence-corrected chi connectivity index (χ0v) is 15.2. The molecule has 0 aliphatic rings. The second-order valence-corrected chi connectivity index (χ2v) is 4.98. The van der Waals surface area contributed by atoms with Crippen LogP contribution in [-0.4, -0.2) is 71.0 Å². The van der Waals surface area contributed by atoms with Gasteiger partial charge >= 0.3 is 60.8 Å². The second kappa shape index (κ2) is 6.77. The Labute approximate surface area is 149 Å². The fraction of sp³-hybridized carbons (Fsp3) is 0.385. The third-order valence-corrected chi connectivity index (χ3v) is 2.60. The first kappa shape index (κ1) is 17.7. The van der Waals surface area contributed by atoms with E-state index in [1.165, 1.54) is 0 Å². The molecule has 96 valence electrons. The van der Waals surface area contributed by atoms with Gasteiger partial charge in [-0.3, -0.25) is 9.59 Å². The van der Waals surface area contributed by atoms with Gasteiger partial charge in [0.15, 0.2) is 5.92 Å². The Morgan fingerprint density at radius 3 is 1.72 bits per heavy atom. The molecule has 18 heavy (non-hydrogen) atoms. The van der Waals surface area contributed by atoms with Crippen LogP contribution in [0.2, 0.25) is 0 Å². The zero-order valence-electron chi connectivity index (χ0n) is 12.8. The Hall–Kier alpha value is -0.269. The number of carbonyl (C=O) groups is 2. The van der Waals surface area contributed by atoms with E-state index in [1.807, 2.05) is 20.8 Å². The molecule has 0 atom stereocenters. The molecule has 0 unspecified atom stereocenters. The van der Waals surface area contributed by atoms with Gasteiger partial charge in [-0.15, -0.1) is 0 Å². The van der Waals surface area contributed by atoms with Crippen LogP contribution in [0.15, 0.2) is 24.3 Å². The van der Waals surface area contributed by atoms with Crippen molar-refractivity contribution >= 4 is 60.8 Å². The molecule has 0 fully saturated rings. The number of hydrogen-bond acceptors (Lipinski definition) is 2. The summed E-state index contributed by atoms with van der Waals surface area (Å²) in [5.74, 6) is -4.19. The summed E-state index contributed by atoms with van der Waals surface area (Å²) >= 11 is 0. The molecule has 0 aliphatic heterocycles. The molecular formula is C13H18BaO4. The molecule has 0 saturated heterocycles. The minimum absolute atomic E-state index is 0. The molecule has 2 N–H and O–H groups in total. The maximum Gasteiger partial charge on any atom is 2.00 e. The Morgan fingerprint density at radius 1 is 1.06 bits per heavy atom. The van der Waals surface area contributed by atoms with Crippen LogP contribution in [0.1, 0.15) is 40.7 Å². The molecular weight excluding hydrogens is 357 g/mol. The predicted octanol–water partition coefficient (Wildman–Crippen LogP) is 2.08. The molecule has 5 heteroatoms. The second-order valence-electron chi connectivity index (χ2n) is 4.98. The van der Waals surface area contributed by atoms with Gasteiger partial charge in [-0.2, -0.15) is 0 Å². The van der Waals surface area contributed by atoms with Crippen molar-refractivity contribution in [2.45, 2.75) is 32.1 Å². The molecule has 1 aromatic rings. The van der Waals surface area contributed by atoms with Crippen molar-refractivity contribution in [2.24, 2.45) is 0 Å². The summed E-state index contributed by atoms with van der Waals surface area (Å²) in [5, 5.41) is 17.7. The van der Waals surface area contributed by atoms with E-state index in [4.69, 9.17) is 10.2 Å². The average molecular weight is 376 g/mol. The Bertz CT molecular complexity index is 427. The van der Waals surface area contributed by atoms with Gasteiger partial charge in [-0.05, 0) is 16.5 Å². The van der Waals surface area contributed by atoms with Crippen molar-refractivity contribution in [3.8, 4) is 0 Å². The van der Waals surface area contributed by atoms with E-state index >= 15 is 0 Å². The van der Waals surface area contributed by atoms with Gasteiger partial charge in [0, 0.05) is 0 Å². The van der Waals surface area contributed by atoms with Gasteiger partial charge in [-0.25, -0.2) is 0 Å². The van der Waals surface area contributed by atoms with Gasteiger partial charge in [0.25, 0.3) is 0 Å². The topological polar surface area (TPSA) is 74.6 Å². The number of hydrogen-bond donors (Lipinski definition) is 2. The summed E-state index contributed by atoms with van der Waals surface area (Å²) in [6.07, 6.45) is 0. The predicted molar refractivity (Wildman–Crippen MR) is 71.1 cm³/mol. The van der Waals surface area contributed by atoms with Gasteiger partial charge in [0.2, 0.25) is 0 Å². The van der Waals surface area contributed by atoms with Crippen LogP contribution in [0, 0.1) is 0 Å². The molecule has 0 bridgehead atoms. The fourth-order valence-electron chi connectivity index (χ4n) is 1.57. The third-order valence-electron chi connectivity index (χ3n) is 2.60. The molecule has 1 rings (SSSR count). The number of carboxylic acids is 2. The molecule has 0 aliphatic carbocycles. The Morgan fingerprint density at radius 2 is 1.44 bits per heavy atom. The molecule has 1 aromatic carbocycles. The number of rotatable bonds is 3. The van der Waals surface area contributed by atoms with Crippen molar-refractivity contribution < 1.29 is 22.7 Å². The summed E-state index contributed by atoms with van der Waals surface area (Å²) in [6.45, 7) is 6.11. The van der Waals surface area contributed by atoms with E-state index in [1.54, 1.807) is 24.3 Å². The van der Waals surface area contributed by atoms with E-state index in [2.05, 4.69) is 0 Å². The van der Waals surface area contributed by atoms with Gasteiger partial charge < -0.3 is 13.1 Å².